The molecule has 1 atom stereocenters. The molecule has 0 bridgehead atoms. The summed E-state index contributed by atoms with van der Waals surface area (Å²) in [4.78, 5) is 14.0. The Balaban J connectivity index is 1.92. The average Bonchev–Trinajstić information content (AvgIpc) is 2.46. The first kappa shape index (κ1) is 16.6. The van der Waals surface area contributed by atoms with Crippen molar-refractivity contribution < 1.29 is 18.3 Å². The number of nitrogens with two attached hydrogens (primary N) is 1. The summed E-state index contributed by atoms with van der Waals surface area (Å²) in [6.07, 6.45) is -0.884. The Kier molecular flexibility index (Phi) is 4.62. The number of primary amides is 1. The van der Waals surface area contributed by atoms with Gasteiger partial charge in [0, 0.05) is 35.4 Å². The van der Waals surface area contributed by atoms with Crippen LogP contribution in [0, 0.1) is 11.6 Å². The zero-order valence-corrected chi connectivity index (χ0v) is 13.8. The fraction of sp³-hybridized carbons (Fsp3) is 0.235. The van der Waals surface area contributed by atoms with Crippen LogP contribution in [0.2, 0.25) is 0 Å². The van der Waals surface area contributed by atoms with Crippen LogP contribution in [-0.2, 0) is 6.54 Å². The molecule has 2 N–H and O–H groups in total. The van der Waals surface area contributed by atoms with Gasteiger partial charge in [0.1, 0.15) is 17.4 Å². The third-order valence-corrected chi connectivity index (χ3v) is 4.74. The van der Waals surface area contributed by atoms with Crippen LogP contribution in [0.1, 0.15) is 12.5 Å². The van der Waals surface area contributed by atoms with Gasteiger partial charge in [-0.3, -0.25) is 0 Å². The second-order valence-electron chi connectivity index (χ2n) is 5.64. The average molecular weight is 350 g/mol. The van der Waals surface area contributed by atoms with Crippen LogP contribution in [0.25, 0.3) is 0 Å². The third-order valence-electron chi connectivity index (χ3n) is 3.59. The summed E-state index contributed by atoms with van der Waals surface area (Å²) < 4.78 is 31.8. The molecule has 7 heteroatoms. The van der Waals surface area contributed by atoms with E-state index in [-0.39, 0.29) is 0 Å². The van der Waals surface area contributed by atoms with Gasteiger partial charge in [-0.1, -0.05) is 6.92 Å². The fourth-order valence-corrected chi connectivity index (χ4v) is 3.90. The maximum atomic E-state index is 13.4. The minimum Gasteiger partial charge on any atom is -0.410 e. The lowest BCUT2D eigenvalue weighted by atomic mass is 10.1. The maximum absolute atomic E-state index is 13.4. The summed E-state index contributed by atoms with van der Waals surface area (Å²) in [6, 6.07) is 8.74. The number of thioether (sulfide) groups is 1. The maximum Gasteiger partial charge on any atom is 0.409 e. The monoisotopic (exact) mass is 350 g/mol. The Morgan fingerprint density at radius 1 is 1.29 bits per heavy atom. The van der Waals surface area contributed by atoms with E-state index in [2.05, 4.69) is 6.92 Å². The highest BCUT2D eigenvalue weighted by molar-refractivity contribution is 8.00. The molecule has 2 aromatic carbocycles. The van der Waals surface area contributed by atoms with Gasteiger partial charge >= 0.3 is 6.09 Å². The van der Waals surface area contributed by atoms with Crippen LogP contribution in [0.15, 0.2) is 41.3 Å². The number of carbonyl (C=O) groups excluding carboxylic acids is 1. The molecule has 0 aliphatic carbocycles. The highest BCUT2D eigenvalue weighted by Crippen LogP contribution is 2.41. The number of benzene rings is 2. The summed E-state index contributed by atoms with van der Waals surface area (Å²) in [5.74, 6) is -0.863. The van der Waals surface area contributed by atoms with Crippen molar-refractivity contribution in [3.63, 3.8) is 0 Å². The number of amides is 1. The van der Waals surface area contributed by atoms with Crippen molar-refractivity contribution >= 4 is 23.5 Å². The van der Waals surface area contributed by atoms with Crippen molar-refractivity contribution in [2.75, 3.05) is 11.4 Å². The number of fused-ring (bicyclic) bond motifs is 1. The van der Waals surface area contributed by atoms with E-state index in [4.69, 9.17) is 10.5 Å². The number of rotatable bonds is 3. The van der Waals surface area contributed by atoms with E-state index < -0.39 is 17.7 Å². The Morgan fingerprint density at radius 3 is 2.67 bits per heavy atom. The van der Waals surface area contributed by atoms with Crippen molar-refractivity contribution in [1.29, 1.82) is 0 Å². The van der Waals surface area contributed by atoms with E-state index in [0.29, 0.717) is 29.7 Å². The molecule has 0 fully saturated rings. The van der Waals surface area contributed by atoms with Crippen LogP contribution < -0.4 is 15.4 Å². The van der Waals surface area contributed by atoms with Gasteiger partial charge in [-0.2, -0.15) is 0 Å². The molecule has 0 saturated heterocycles. The third kappa shape index (κ3) is 3.79. The smallest absolute Gasteiger partial charge is 0.409 e. The minimum atomic E-state index is -0.884. The molecule has 1 amide bonds. The van der Waals surface area contributed by atoms with Crippen molar-refractivity contribution in [1.82, 2.24) is 0 Å². The van der Waals surface area contributed by atoms with Crippen molar-refractivity contribution in [2.24, 2.45) is 5.73 Å². The number of hydrogen-bond donors (Lipinski definition) is 1. The molecule has 0 aromatic heterocycles. The van der Waals surface area contributed by atoms with Crippen LogP contribution in [0.5, 0.6) is 5.75 Å². The van der Waals surface area contributed by atoms with E-state index in [0.717, 1.165) is 16.6 Å². The van der Waals surface area contributed by atoms with Gasteiger partial charge < -0.3 is 15.4 Å². The lowest BCUT2D eigenvalue weighted by Crippen LogP contribution is -2.33. The predicted molar refractivity (Wildman–Crippen MR) is 89.4 cm³/mol. The Bertz CT molecular complexity index is 765. The Morgan fingerprint density at radius 2 is 2.00 bits per heavy atom. The van der Waals surface area contributed by atoms with Gasteiger partial charge in [0.2, 0.25) is 0 Å². The molecular weight excluding hydrogens is 334 g/mol. The summed E-state index contributed by atoms with van der Waals surface area (Å²) in [6.45, 7) is 3.14. The molecule has 0 radical (unpaired) electrons. The van der Waals surface area contributed by atoms with Gasteiger partial charge in [-0.25, -0.2) is 13.6 Å². The van der Waals surface area contributed by atoms with Crippen molar-refractivity contribution in [3.05, 3.63) is 53.6 Å². The molecule has 126 valence electrons. The van der Waals surface area contributed by atoms with Crippen LogP contribution in [0.3, 0.4) is 0 Å². The van der Waals surface area contributed by atoms with E-state index in [1.807, 2.05) is 11.0 Å². The number of hydrogen-bond acceptors (Lipinski definition) is 4. The van der Waals surface area contributed by atoms with Crippen LogP contribution in [0.4, 0.5) is 19.3 Å². The first-order chi connectivity index (χ1) is 11.4. The summed E-state index contributed by atoms with van der Waals surface area (Å²) in [5.41, 5.74) is 6.44. The number of carbonyl (C=O) groups is 1. The van der Waals surface area contributed by atoms with Crippen molar-refractivity contribution in [3.8, 4) is 5.75 Å². The lowest BCUT2D eigenvalue weighted by Gasteiger charge is -2.34. The highest BCUT2D eigenvalue weighted by Gasteiger charge is 2.23. The van der Waals surface area contributed by atoms with E-state index in [1.54, 1.807) is 23.9 Å². The molecule has 24 heavy (non-hydrogen) atoms. The van der Waals surface area contributed by atoms with Gasteiger partial charge in [0.15, 0.2) is 0 Å². The summed E-state index contributed by atoms with van der Waals surface area (Å²) >= 11 is 1.70. The first-order valence-corrected chi connectivity index (χ1v) is 8.26. The molecule has 0 spiro atoms. The highest BCUT2D eigenvalue weighted by atomic mass is 32.2. The topological polar surface area (TPSA) is 55.6 Å². The molecule has 1 aliphatic rings. The lowest BCUT2D eigenvalue weighted by molar-refractivity contribution is 0.211. The number of halogens is 2. The SMILES string of the molecule is CC1CN(Cc2cc(F)cc(F)c2)c2cc(OC(N)=O)ccc2S1. The van der Waals surface area contributed by atoms with E-state index in [9.17, 15) is 13.6 Å². The minimum absolute atomic E-state index is 0.318. The molecule has 2 aromatic rings. The summed E-state index contributed by atoms with van der Waals surface area (Å²) in [7, 11) is 0. The Hall–Kier alpha value is -2.28. The molecule has 1 aliphatic heterocycles. The van der Waals surface area contributed by atoms with Gasteiger partial charge in [0.25, 0.3) is 0 Å². The second-order valence-corrected chi connectivity index (χ2v) is 7.12. The van der Waals surface area contributed by atoms with E-state index in [1.165, 1.54) is 12.1 Å². The van der Waals surface area contributed by atoms with Gasteiger partial charge in [-0.05, 0) is 29.8 Å². The molecule has 3 rings (SSSR count). The first-order valence-electron chi connectivity index (χ1n) is 7.38. The van der Waals surface area contributed by atoms with Gasteiger partial charge in [-0.15, -0.1) is 11.8 Å². The zero-order chi connectivity index (χ0) is 17.3. The predicted octanol–water partition coefficient (Wildman–Crippen LogP) is 3.92. The number of ether oxygens (including phenoxy) is 1. The number of nitrogens with zero attached hydrogens (tertiary/aromatic N) is 1. The molecular formula is C17H16F2N2O2S. The Labute approximate surface area is 142 Å². The quantitative estimate of drug-likeness (QED) is 0.911. The zero-order valence-electron chi connectivity index (χ0n) is 13.0. The molecule has 0 saturated carbocycles. The normalized spacial score (nSPS) is 16.6. The van der Waals surface area contributed by atoms with Crippen LogP contribution in [-0.4, -0.2) is 17.9 Å². The van der Waals surface area contributed by atoms with Crippen molar-refractivity contribution in [2.45, 2.75) is 23.6 Å². The fourth-order valence-electron chi connectivity index (χ4n) is 2.76. The van der Waals surface area contributed by atoms with Crippen LogP contribution >= 0.6 is 11.8 Å². The largest absolute Gasteiger partial charge is 0.410 e. The standard InChI is InChI=1S/C17H16F2N2O2S/c1-10-8-21(9-11-4-12(18)6-13(19)5-11)15-7-14(23-17(20)22)2-3-16(15)24-10/h2-7,10H,8-9H2,1H3,(H2,20,22). The van der Waals surface area contributed by atoms with Gasteiger partial charge in [0.05, 0.1) is 5.69 Å². The molecule has 4 nitrogen and oxygen atoms in total. The second kappa shape index (κ2) is 6.68. The van der Waals surface area contributed by atoms with E-state index >= 15 is 0 Å². The molecule has 1 heterocycles. The molecule has 1 unspecified atom stereocenters. The number of anilines is 1. The summed E-state index contributed by atoms with van der Waals surface area (Å²) in [5, 5.41) is 0.318.